The minimum atomic E-state index is -4.91. The van der Waals surface area contributed by atoms with Crippen molar-refractivity contribution in [3.8, 4) is 0 Å². The number of alkyl halides is 3. The molecule has 110 valence electrons. The average molecular weight is 309 g/mol. The van der Waals surface area contributed by atoms with Crippen LogP contribution in [0.5, 0.6) is 0 Å². The Morgan fingerprint density at radius 1 is 1.50 bits per heavy atom. The largest absolute Gasteiger partial charge is 0.481 e. The highest BCUT2D eigenvalue weighted by Gasteiger charge is 2.64. The third kappa shape index (κ3) is 2.42. The predicted octanol–water partition coefficient (Wildman–Crippen LogP) is 2.01. The molecule has 2 N–H and O–H groups in total. The van der Waals surface area contributed by atoms with E-state index in [4.69, 9.17) is 5.11 Å². The van der Waals surface area contributed by atoms with Crippen molar-refractivity contribution in [3.05, 3.63) is 11.6 Å². The Bertz CT molecular complexity index is 520. The maximum atomic E-state index is 12.9. The normalized spacial score (nSPS) is 22.9. The second kappa shape index (κ2) is 4.93. The molecule has 0 spiro atoms. The van der Waals surface area contributed by atoms with Crippen molar-refractivity contribution in [1.82, 2.24) is 9.88 Å². The number of urea groups is 1. The van der Waals surface area contributed by atoms with E-state index in [0.717, 1.165) is 16.2 Å². The number of likely N-dealkylation sites (tertiary alicyclic amines) is 1. The number of carboxylic acid groups (broad SMARTS) is 1. The fourth-order valence-electron chi connectivity index (χ4n) is 1.97. The summed E-state index contributed by atoms with van der Waals surface area (Å²) in [6, 6.07) is -0.785. The monoisotopic (exact) mass is 309 g/mol. The van der Waals surface area contributed by atoms with E-state index in [1.807, 2.05) is 0 Å². The second-order valence-electron chi connectivity index (χ2n) is 4.32. The van der Waals surface area contributed by atoms with Crippen molar-refractivity contribution in [2.24, 2.45) is 5.41 Å². The summed E-state index contributed by atoms with van der Waals surface area (Å²) in [4.78, 5) is 27.3. The van der Waals surface area contributed by atoms with Gasteiger partial charge < -0.3 is 10.0 Å². The number of carboxylic acids is 1. The van der Waals surface area contributed by atoms with Crippen LogP contribution in [0.25, 0.3) is 0 Å². The number of aliphatic carboxylic acids is 1. The SMILES string of the molecule is O=C(Nc1nccs1)N1CCC(C(=O)O)(C(F)(F)F)C1. The van der Waals surface area contributed by atoms with Gasteiger partial charge in [0.15, 0.2) is 10.5 Å². The highest BCUT2D eigenvalue weighted by molar-refractivity contribution is 7.13. The van der Waals surface area contributed by atoms with Crippen molar-refractivity contribution in [2.75, 3.05) is 18.4 Å². The maximum absolute atomic E-state index is 12.9. The molecule has 20 heavy (non-hydrogen) atoms. The van der Waals surface area contributed by atoms with Gasteiger partial charge in [-0.15, -0.1) is 11.3 Å². The molecule has 0 saturated carbocycles. The molecule has 0 aliphatic carbocycles. The molecule has 1 aromatic rings. The van der Waals surface area contributed by atoms with Crippen LogP contribution in [-0.2, 0) is 4.79 Å². The number of halogens is 3. The summed E-state index contributed by atoms with van der Waals surface area (Å²) < 4.78 is 38.8. The van der Waals surface area contributed by atoms with E-state index in [1.54, 1.807) is 5.38 Å². The number of thiazole rings is 1. The Labute approximate surface area is 115 Å². The first-order valence-electron chi connectivity index (χ1n) is 5.52. The molecule has 0 bridgehead atoms. The van der Waals surface area contributed by atoms with E-state index in [1.165, 1.54) is 6.20 Å². The molecule has 1 unspecified atom stereocenters. The van der Waals surface area contributed by atoms with Crippen LogP contribution < -0.4 is 5.32 Å². The summed E-state index contributed by atoms with van der Waals surface area (Å²) in [6.07, 6.45) is -4.13. The first-order chi connectivity index (χ1) is 9.26. The van der Waals surface area contributed by atoms with Crippen LogP contribution in [0.1, 0.15) is 6.42 Å². The van der Waals surface area contributed by atoms with Crippen molar-refractivity contribution >= 4 is 28.5 Å². The number of amides is 2. The molecule has 1 fully saturated rings. The van der Waals surface area contributed by atoms with Crippen LogP contribution >= 0.6 is 11.3 Å². The zero-order chi connectivity index (χ0) is 15.0. The molecular weight excluding hydrogens is 299 g/mol. The fourth-order valence-corrected chi connectivity index (χ4v) is 2.48. The molecule has 1 atom stereocenters. The molecule has 1 saturated heterocycles. The zero-order valence-corrected chi connectivity index (χ0v) is 10.8. The van der Waals surface area contributed by atoms with E-state index in [-0.39, 0.29) is 11.7 Å². The minimum Gasteiger partial charge on any atom is -0.481 e. The first-order valence-corrected chi connectivity index (χ1v) is 6.40. The smallest absolute Gasteiger partial charge is 0.406 e. The fraction of sp³-hybridized carbons (Fsp3) is 0.500. The Balaban J connectivity index is 2.11. The van der Waals surface area contributed by atoms with Crippen LogP contribution in [0, 0.1) is 5.41 Å². The quantitative estimate of drug-likeness (QED) is 0.875. The summed E-state index contributed by atoms with van der Waals surface area (Å²) in [7, 11) is 0. The lowest BCUT2D eigenvalue weighted by molar-refractivity contribution is -0.226. The summed E-state index contributed by atoms with van der Waals surface area (Å²) in [5.74, 6) is -1.96. The summed E-state index contributed by atoms with van der Waals surface area (Å²) in [6.45, 7) is -1.17. The molecule has 10 heteroatoms. The Morgan fingerprint density at radius 3 is 2.65 bits per heavy atom. The van der Waals surface area contributed by atoms with Gasteiger partial charge in [-0.25, -0.2) is 9.78 Å². The van der Waals surface area contributed by atoms with Crippen LogP contribution in [0.3, 0.4) is 0 Å². The van der Waals surface area contributed by atoms with Gasteiger partial charge in [-0.05, 0) is 6.42 Å². The van der Waals surface area contributed by atoms with E-state index in [2.05, 4.69) is 10.3 Å². The third-order valence-electron chi connectivity index (χ3n) is 3.15. The van der Waals surface area contributed by atoms with Gasteiger partial charge in [0.05, 0.1) is 0 Å². The van der Waals surface area contributed by atoms with Crippen LogP contribution in [0.15, 0.2) is 11.6 Å². The zero-order valence-electron chi connectivity index (χ0n) is 9.98. The van der Waals surface area contributed by atoms with E-state index in [0.29, 0.717) is 0 Å². The molecule has 1 aliphatic rings. The molecule has 2 heterocycles. The molecule has 2 rings (SSSR count). The lowest BCUT2D eigenvalue weighted by atomic mass is 9.86. The van der Waals surface area contributed by atoms with Crippen LogP contribution in [0.2, 0.25) is 0 Å². The summed E-state index contributed by atoms with van der Waals surface area (Å²) in [5.41, 5.74) is -2.90. The Hall–Kier alpha value is -1.84. The van der Waals surface area contributed by atoms with Crippen molar-refractivity contribution < 1.29 is 27.9 Å². The number of aromatic nitrogens is 1. The molecule has 6 nitrogen and oxygen atoms in total. The van der Waals surface area contributed by atoms with Gasteiger partial charge in [0, 0.05) is 24.7 Å². The van der Waals surface area contributed by atoms with E-state index >= 15 is 0 Å². The number of anilines is 1. The highest BCUT2D eigenvalue weighted by Crippen LogP contribution is 2.45. The lowest BCUT2D eigenvalue weighted by Crippen LogP contribution is -2.48. The maximum Gasteiger partial charge on any atom is 0.406 e. The Kier molecular flexibility index (Phi) is 3.59. The average Bonchev–Trinajstić information content (AvgIpc) is 2.96. The number of nitrogens with zero attached hydrogens (tertiary/aromatic N) is 2. The van der Waals surface area contributed by atoms with Crippen molar-refractivity contribution in [1.29, 1.82) is 0 Å². The van der Waals surface area contributed by atoms with Gasteiger partial charge in [-0.2, -0.15) is 13.2 Å². The van der Waals surface area contributed by atoms with Gasteiger partial charge in [0.25, 0.3) is 0 Å². The predicted molar refractivity (Wildman–Crippen MR) is 63.4 cm³/mol. The number of carbonyl (C=O) groups is 2. The third-order valence-corrected chi connectivity index (χ3v) is 3.84. The summed E-state index contributed by atoms with van der Waals surface area (Å²) in [5, 5.41) is 13.0. The molecule has 0 aromatic carbocycles. The number of carbonyl (C=O) groups excluding carboxylic acids is 1. The van der Waals surface area contributed by atoms with Crippen molar-refractivity contribution in [2.45, 2.75) is 12.6 Å². The molecule has 1 aliphatic heterocycles. The summed E-state index contributed by atoms with van der Waals surface area (Å²) >= 11 is 1.11. The van der Waals surface area contributed by atoms with Crippen LogP contribution in [0.4, 0.5) is 23.1 Å². The minimum absolute atomic E-state index is 0.245. The van der Waals surface area contributed by atoms with Crippen molar-refractivity contribution in [3.63, 3.8) is 0 Å². The number of hydrogen-bond acceptors (Lipinski definition) is 4. The number of rotatable bonds is 2. The highest BCUT2D eigenvalue weighted by atomic mass is 32.1. The number of nitrogens with one attached hydrogen (secondary N) is 1. The molecule has 1 aromatic heterocycles. The van der Waals surface area contributed by atoms with Gasteiger partial charge in [0.1, 0.15) is 0 Å². The second-order valence-corrected chi connectivity index (χ2v) is 5.22. The molecule has 2 amide bonds. The Morgan fingerprint density at radius 2 is 2.20 bits per heavy atom. The number of hydrogen-bond donors (Lipinski definition) is 2. The topological polar surface area (TPSA) is 82.5 Å². The lowest BCUT2D eigenvalue weighted by Gasteiger charge is -2.27. The van der Waals surface area contributed by atoms with Gasteiger partial charge in [-0.3, -0.25) is 10.1 Å². The van der Waals surface area contributed by atoms with Crippen LogP contribution in [-0.4, -0.2) is 46.3 Å². The van der Waals surface area contributed by atoms with Gasteiger partial charge in [-0.1, -0.05) is 0 Å². The first kappa shape index (κ1) is 14.6. The van der Waals surface area contributed by atoms with Gasteiger partial charge in [0.2, 0.25) is 0 Å². The van der Waals surface area contributed by atoms with E-state index < -0.39 is 36.6 Å². The molecular formula is C10H10F3N3O3S. The van der Waals surface area contributed by atoms with Gasteiger partial charge >= 0.3 is 18.2 Å². The van der Waals surface area contributed by atoms with E-state index in [9.17, 15) is 22.8 Å². The standard InChI is InChI=1S/C10H10F3N3O3S/c11-10(12,13)9(6(17)18)1-3-16(5-9)8(19)15-7-14-2-4-20-7/h2,4H,1,3,5H2,(H,17,18)(H,14,15,19). The molecule has 0 radical (unpaired) electrons.